The van der Waals surface area contributed by atoms with Crippen LogP contribution in [0.3, 0.4) is 0 Å². The lowest BCUT2D eigenvalue weighted by molar-refractivity contribution is -0.384. The van der Waals surface area contributed by atoms with Crippen LogP contribution in [0.15, 0.2) is 72.8 Å². The van der Waals surface area contributed by atoms with Crippen molar-refractivity contribution in [2.75, 3.05) is 13.2 Å². The highest BCUT2D eigenvalue weighted by atomic mass is 35.5. The number of nitro groups is 1. The zero-order valence-electron chi connectivity index (χ0n) is 17.2. The highest BCUT2D eigenvalue weighted by Crippen LogP contribution is 2.44. The third-order valence-electron chi connectivity index (χ3n) is 5.41. The molecule has 4 rings (SSSR count). The van der Waals surface area contributed by atoms with Gasteiger partial charge in [0.2, 0.25) is 0 Å². The van der Waals surface area contributed by atoms with Crippen molar-refractivity contribution in [3.63, 3.8) is 0 Å². The van der Waals surface area contributed by atoms with Crippen molar-refractivity contribution in [2.24, 2.45) is 0 Å². The van der Waals surface area contributed by atoms with Gasteiger partial charge < -0.3 is 10.1 Å². The first-order valence-electron chi connectivity index (χ1n) is 10.2. The number of hydrogen-bond acceptors (Lipinski definition) is 4. The molecule has 3 aromatic carbocycles. The van der Waals surface area contributed by atoms with E-state index >= 15 is 0 Å². The van der Waals surface area contributed by atoms with E-state index < -0.39 is 11.0 Å². The molecule has 6 nitrogen and oxygen atoms in total. The summed E-state index contributed by atoms with van der Waals surface area (Å²) in [6.45, 7) is 0.638. The second kappa shape index (κ2) is 9.66. The molecule has 162 valence electrons. The lowest BCUT2D eigenvalue weighted by Crippen LogP contribution is -2.26. The molecule has 0 unspecified atom stereocenters. The van der Waals surface area contributed by atoms with E-state index in [4.69, 9.17) is 16.3 Å². The predicted molar refractivity (Wildman–Crippen MR) is 125 cm³/mol. The summed E-state index contributed by atoms with van der Waals surface area (Å²) in [6.07, 6.45) is 3.56. The van der Waals surface area contributed by atoms with E-state index in [0.717, 1.165) is 0 Å². The fourth-order valence-electron chi connectivity index (χ4n) is 3.89. The Labute approximate surface area is 190 Å². The van der Waals surface area contributed by atoms with Crippen molar-refractivity contribution in [3.05, 3.63) is 105 Å². The average molecular weight is 449 g/mol. The molecule has 0 fully saturated rings. The number of non-ortho nitro benzene ring substituents is 1. The van der Waals surface area contributed by atoms with Crippen LogP contribution in [-0.2, 0) is 4.74 Å². The molecule has 7 heteroatoms. The first kappa shape index (κ1) is 21.6. The summed E-state index contributed by atoms with van der Waals surface area (Å²) < 4.78 is 5.50. The van der Waals surface area contributed by atoms with Crippen LogP contribution in [0, 0.1) is 10.1 Å². The number of carbonyl (C=O) groups excluding carboxylic acids is 1. The second-order valence-corrected chi connectivity index (χ2v) is 7.81. The lowest BCUT2D eigenvalue weighted by atomic mass is 9.98. The zero-order chi connectivity index (χ0) is 22.5. The minimum Gasteiger partial charge on any atom is -0.449 e. The van der Waals surface area contributed by atoms with Gasteiger partial charge in [0, 0.05) is 29.6 Å². The molecular weight excluding hydrogens is 428 g/mol. The van der Waals surface area contributed by atoms with E-state index in [1.807, 2.05) is 24.3 Å². The molecule has 0 saturated carbocycles. The molecule has 0 atom stereocenters. The molecule has 0 bridgehead atoms. The Morgan fingerprint density at radius 1 is 1.06 bits per heavy atom. The SMILES string of the molecule is O=C(NCCC=Cc1cc([N+](=O)[O-])ccc1Cl)OCC1c2ccccc2-c2ccccc21. The van der Waals surface area contributed by atoms with Crippen molar-refractivity contribution in [2.45, 2.75) is 12.3 Å². The van der Waals surface area contributed by atoms with E-state index in [1.165, 1.54) is 40.5 Å². The van der Waals surface area contributed by atoms with Gasteiger partial charge in [-0.1, -0.05) is 72.3 Å². The molecule has 32 heavy (non-hydrogen) atoms. The van der Waals surface area contributed by atoms with Crippen LogP contribution in [0.1, 0.15) is 29.0 Å². The number of hydrogen-bond donors (Lipinski definition) is 1. The van der Waals surface area contributed by atoms with E-state index in [2.05, 4.69) is 29.6 Å². The van der Waals surface area contributed by atoms with Crippen molar-refractivity contribution in [1.82, 2.24) is 5.32 Å². The zero-order valence-corrected chi connectivity index (χ0v) is 17.9. The Bertz CT molecular complexity index is 1150. The molecule has 0 spiro atoms. The van der Waals surface area contributed by atoms with Crippen LogP contribution in [0.25, 0.3) is 17.2 Å². The summed E-state index contributed by atoms with van der Waals surface area (Å²) in [5, 5.41) is 14.0. The van der Waals surface area contributed by atoms with E-state index in [9.17, 15) is 14.9 Å². The number of carbonyl (C=O) groups is 1. The minimum atomic E-state index is -0.478. The quantitative estimate of drug-likeness (QED) is 0.265. The first-order valence-corrected chi connectivity index (χ1v) is 10.6. The van der Waals surface area contributed by atoms with Crippen molar-refractivity contribution < 1.29 is 14.5 Å². The number of ether oxygens (including phenoxy) is 1. The molecule has 0 aromatic heterocycles. The van der Waals surface area contributed by atoms with Crippen LogP contribution in [0.2, 0.25) is 5.02 Å². The Morgan fingerprint density at radius 3 is 2.38 bits per heavy atom. The number of amides is 1. The molecule has 0 aliphatic heterocycles. The number of rotatable bonds is 7. The Hall–Kier alpha value is -3.64. The van der Waals surface area contributed by atoms with Gasteiger partial charge in [0.25, 0.3) is 5.69 Å². The molecule has 3 aromatic rings. The van der Waals surface area contributed by atoms with Crippen molar-refractivity contribution >= 4 is 29.5 Å². The molecular formula is C25H21ClN2O4. The Morgan fingerprint density at radius 2 is 1.72 bits per heavy atom. The largest absolute Gasteiger partial charge is 0.449 e. The van der Waals surface area contributed by atoms with Crippen LogP contribution >= 0.6 is 11.6 Å². The number of nitrogens with zero attached hydrogens (tertiary/aromatic N) is 1. The van der Waals surface area contributed by atoms with Gasteiger partial charge in [-0.25, -0.2) is 4.79 Å². The fourth-order valence-corrected chi connectivity index (χ4v) is 4.07. The average Bonchev–Trinajstić information content (AvgIpc) is 3.12. The molecule has 0 heterocycles. The summed E-state index contributed by atoms with van der Waals surface area (Å²) in [7, 11) is 0. The van der Waals surface area contributed by atoms with Gasteiger partial charge in [-0.3, -0.25) is 10.1 Å². The normalized spacial score (nSPS) is 12.4. The highest BCUT2D eigenvalue weighted by molar-refractivity contribution is 6.32. The smallest absolute Gasteiger partial charge is 0.407 e. The molecule has 1 aliphatic carbocycles. The Balaban J connectivity index is 1.28. The number of nitrogens with one attached hydrogen (secondary N) is 1. The van der Waals surface area contributed by atoms with Gasteiger partial charge in [0.15, 0.2) is 0 Å². The topological polar surface area (TPSA) is 81.5 Å². The third kappa shape index (κ3) is 4.65. The molecule has 0 radical (unpaired) electrons. The summed E-state index contributed by atoms with van der Waals surface area (Å²) in [5.74, 6) is 0.0176. The predicted octanol–water partition coefficient (Wildman–Crippen LogP) is 6.19. The maximum Gasteiger partial charge on any atom is 0.407 e. The van der Waals surface area contributed by atoms with Gasteiger partial charge in [-0.15, -0.1) is 0 Å². The van der Waals surface area contributed by atoms with Gasteiger partial charge >= 0.3 is 6.09 Å². The van der Waals surface area contributed by atoms with E-state index in [0.29, 0.717) is 23.6 Å². The Kier molecular flexibility index (Phi) is 6.52. The van der Waals surface area contributed by atoms with Crippen molar-refractivity contribution in [1.29, 1.82) is 0 Å². The van der Waals surface area contributed by atoms with Crippen LogP contribution < -0.4 is 5.32 Å². The number of alkyl carbamates (subject to hydrolysis) is 1. The van der Waals surface area contributed by atoms with E-state index in [-0.39, 0.29) is 18.2 Å². The lowest BCUT2D eigenvalue weighted by Gasteiger charge is -2.14. The van der Waals surface area contributed by atoms with Crippen LogP contribution in [0.4, 0.5) is 10.5 Å². The number of nitro benzene ring substituents is 1. The maximum atomic E-state index is 12.2. The highest BCUT2D eigenvalue weighted by Gasteiger charge is 2.28. The van der Waals surface area contributed by atoms with E-state index in [1.54, 1.807) is 12.2 Å². The van der Waals surface area contributed by atoms with Gasteiger partial charge in [0.1, 0.15) is 6.61 Å². The van der Waals surface area contributed by atoms with Crippen molar-refractivity contribution in [3.8, 4) is 11.1 Å². The molecule has 0 saturated heterocycles. The van der Waals surface area contributed by atoms with Crippen LogP contribution in [-0.4, -0.2) is 24.2 Å². The van der Waals surface area contributed by atoms with Gasteiger partial charge in [-0.2, -0.15) is 0 Å². The van der Waals surface area contributed by atoms with Gasteiger partial charge in [0.05, 0.1) is 4.92 Å². The summed E-state index contributed by atoms with van der Waals surface area (Å²) in [4.78, 5) is 22.6. The summed E-state index contributed by atoms with van der Waals surface area (Å²) in [5.41, 5.74) is 5.23. The standard InChI is InChI=1S/C25H21ClN2O4/c26-24-13-12-18(28(30)31)15-17(24)7-5-6-14-27-25(29)32-16-23-21-10-3-1-8-19(21)20-9-2-4-11-22(20)23/h1-5,7-13,15,23H,6,14,16H2,(H,27,29). The number of fused-ring (bicyclic) bond motifs is 3. The maximum absolute atomic E-state index is 12.2. The fraction of sp³-hybridized carbons (Fsp3) is 0.160. The molecule has 1 N–H and O–H groups in total. The third-order valence-corrected chi connectivity index (χ3v) is 5.76. The number of halogens is 1. The van der Waals surface area contributed by atoms with Gasteiger partial charge in [-0.05, 0) is 40.3 Å². The molecule has 1 amide bonds. The number of benzene rings is 3. The minimum absolute atomic E-state index is 0.0176. The summed E-state index contributed by atoms with van der Waals surface area (Å²) >= 11 is 6.08. The van der Waals surface area contributed by atoms with Crippen LogP contribution in [0.5, 0.6) is 0 Å². The second-order valence-electron chi connectivity index (χ2n) is 7.41. The monoisotopic (exact) mass is 448 g/mol. The first-order chi connectivity index (χ1) is 15.5. The summed E-state index contributed by atoms with van der Waals surface area (Å²) in [6, 6.07) is 20.6. The molecule has 1 aliphatic rings.